The number of carbonyl (C=O) groups is 1. The van der Waals surface area contributed by atoms with Gasteiger partial charge in [0.15, 0.2) is 5.69 Å². The van der Waals surface area contributed by atoms with E-state index in [1.165, 1.54) is 0 Å². The first-order valence-electron chi connectivity index (χ1n) is 8.73. The van der Waals surface area contributed by atoms with Crippen LogP contribution in [0.2, 0.25) is 10.0 Å². The summed E-state index contributed by atoms with van der Waals surface area (Å²) in [5.41, 5.74) is 1.05. The summed E-state index contributed by atoms with van der Waals surface area (Å²) in [5.74, 6) is -0.224. The lowest BCUT2D eigenvalue weighted by molar-refractivity contribution is 0.0940. The average molecular weight is 396 g/mol. The maximum Gasteiger partial charge on any atom is 0.273 e. The fourth-order valence-electron chi connectivity index (χ4n) is 3.04. The Bertz CT molecular complexity index is 784. The highest BCUT2D eigenvalue weighted by Gasteiger charge is 2.24. The second kappa shape index (κ2) is 7.94. The van der Waals surface area contributed by atoms with Gasteiger partial charge in [-0.1, -0.05) is 48.3 Å². The number of nitrogens with one attached hydrogen (secondary N) is 2. The lowest BCUT2D eigenvalue weighted by Crippen LogP contribution is -2.36. The van der Waals surface area contributed by atoms with Gasteiger partial charge in [-0.2, -0.15) is 0 Å². The van der Waals surface area contributed by atoms with Crippen LogP contribution in [0, 0.1) is 0 Å². The molecule has 0 bridgehead atoms. The zero-order valence-electron chi connectivity index (χ0n) is 14.9. The van der Waals surface area contributed by atoms with Crippen LogP contribution < -0.4 is 10.6 Å². The van der Waals surface area contributed by atoms with Crippen LogP contribution in [0.25, 0.3) is 0 Å². The van der Waals surface area contributed by atoms with E-state index in [9.17, 15) is 4.79 Å². The Balaban J connectivity index is 1.62. The summed E-state index contributed by atoms with van der Waals surface area (Å²) in [5, 5.41) is 15.4. The zero-order valence-corrected chi connectivity index (χ0v) is 16.4. The van der Waals surface area contributed by atoms with Crippen molar-refractivity contribution < 1.29 is 4.79 Å². The number of hydrogen-bond donors (Lipinski definition) is 2. The Morgan fingerprint density at radius 1 is 1.31 bits per heavy atom. The van der Waals surface area contributed by atoms with Crippen molar-refractivity contribution in [2.75, 3.05) is 19.6 Å². The van der Waals surface area contributed by atoms with Crippen LogP contribution in [0.15, 0.2) is 24.4 Å². The van der Waals surface area contributed by atoms with Crippen LogP contribution >= 0.6 is 23.2 Å². The minimum atomic E-state index is -0.297. The summed E-state index contributed by atoms with van der Waals surface area (Å²) in [7, 11) is 0. The van der Waals surface area contributed by atoms with Gasteiger partial charge in [0.05, 0.1) is 22.3 Å². The van der Waals surface area contributed by atoms with Gasteiger partial charge in [-0.05, 0) is 43.6 Å². The van der Waals surface area contributed by atoms with Crippen LogP contribution in [-0.2, 0) is 5.41 Å². The molecule has 0 spiro atoms. The third-order valence-electron chi connectivity index (χ3n) is 4.82. The van der Waals surface area contributed by atoms with Crippen LogP contribution in [0.5, 0.6) is 0 Å². The maximum atomic E-state index is 12.5. The van der Waals surface area contributed by atoms with E-state index in [1.807, 2.05) is 26.0 Å². The molecule has 6 nitrogen and oxygen atoms in total. The summed E-state index contributed by atoms with van der Waals surface area (Å²) in [4.78, 5) is 12.5. The van der Waals surface area contributed by atoms with Crippen molar-refractivity contribution in [3.05, 3.63) is 45.7 Å². The van der Waals surface area contributed by atoms with E-state index in [0.29, 0.717) is 28.3 Å². The molecule has 1 aromatic carbocycles. The molecular formula is C18H23Cl2N5O. The topological polar surface area (TPSA) is 71.8 Å². The highest BCUT2D eigenvalue weighted by atomic mass is 35.5. The second-order valence-corrected chi connectivity index (χ2v) is 8.07. The highest BCUT2D eigenvalue weighted by Crippen LogP contribution is 2.29. The Hall–Kier alpha value is -1.63. The third-order valence-corrected chi connectivity index (χ3v) is 5.56. The Kier molecular flexibility index (Phi) is 5.85. The molecule has 0 saturated carbocycles. The summed E-state index contributed by atoms with van der Waals surface area (Å²) < 4.78 is 1.81. The van der Waals surface area contributed by atoms with Gasteiger partial charge in [-0.15, -0.1) is 5.10 Å². The molecular weight excluding hydrogens is 373 g/mol. The maximum absolute atomic E-state index is 12.5. The standard InChI is InChI=1S/C18H23Cl2N5O/c1-18(2,12-3-4-14(19)15(20)9-12)11-22-17(26)16-10-25(24-23-16)13-5-7-21-8-6-13/h3-4,9-10,13,21H,5-8,11H2,1-2H3,(H,22,26). The summed E-state index contributed by atoms with van der Waals surface area (Å²) in [6.07, 6.45) is 3.72. The first-order chi connectivity index (χ1) is 12.4. The molecule has 8 heteroatoms. The molecule has 1 fully saturated rings. The molecule has 0 aliphatic carbocycles. The van der Waals surface area contributed by atoms with Crippen LogP contribution in [0.1, 0.15) is 48.8 Å². The molecule has 1 aliphatic heterocycles. The lowest BCUT2D eigenvalue weighted by Gasteiger charge is -2.26. The first-order valence-corrected chi connectivity index (χ1v) is 9.49. The molecule has 26 heavy (non-hydrogen) atoms. The second-order valence-electron chi connectivity index (χ2n) is 7.26. The Morgan fingerprint density at radius 2 is 2.04 bits per heavy atom. The largest absolute Gasteiger partial charge is 0.350 e. The van der Waals surface area contributed by atoms with Crippen LogP contribution in [0.4, 0.5) is 0 Å². The number of carbonyl (C=O) groups excluding carboxylic acids is 1. The van der Waals surface area contributed by atoms with Gasteiger partial charge in [0.1, 0.15) is 0 Å². The Morgan fingerprint density at radius 3 is 2.73 bits per heavy atom. The zero-order chi connectivity index (χ0) is 18.7. The van der Waals surface area contributed by atoms with E-state index in [2.05, 4.69) is 20.9 Å². The molecule has 140 valence electrons. The minimum absolute atomic E-state index is 0.224. The summed E-state index contributed by atoms with van der Waals surface area (Å²) >= 11 is 12.1. The molecule has 0 unspecified atom stereocenters. The number of piperidine rings is 1. The molecule has 1 aromatic heterocycles. The van der Waals surface area contributed by atoms with E-state index < -0.39 is 0 Å². The van der Waals surface area contributed by atoms with Crippen molar-refractivity contribution in [1.29, 1.82) is 0 Å². The van der Waals surface area contributed by atoms with Crippen molar-refractivity contribution in [2.24, 2.45) is 0 Å². The number of hydrogen-bond acceptors (Lipinski definition) is 4. The van der Waals surface area contributed by atoms with Crippen molar-refractivity contribution in [3.63, 3.8) is 0 Å². The van der Waals surface area contributed by atoms with Gasteiger partial charge >= 0.3 is 0 Å². The number of amides is 1. The average Bonchev–Trinajstić information content (AvgIpc) is 3.13. The highest BCUT2D eigenvalue weighted by molar-refractivity contribution is 6.42. The van der Waals surface area contributed by atoms with Gasteiger partial charge in [0, 0.05) is 12.0 Å². The van der Waals surface area contributed by atoms with Crippen molar-refractivity contribution in [2.45, 2.75) is 38.1 Å². The molecule has 1 saturated heterocycles. The fraction of sp³-hybridized carbons (Fsp3) is 0.500. The van der Waals surface area contributed by atoms with E-state index >= 15 is 0 Å². The normalized spacial score (nSPS) is 15.8. The molecule has 2 N–H and O–H groups in total. The van der Waals surface area contributed by atoms with E-state index in [-0.39, 0.29) is 11.3 Å². The van der Waals surface area contributed by atoms with Crippen molar-refractivity contribution in [1.82, 2.24) is 25.6 Å². The number of benzene rings is 1. The molecule has 3 rings (SSSR count). The molecule has 1 amide bonds. The monoisotopic (exact) mass is 395 g/mol. The molecule has 0 atom stereocenters. The predicted molar refractivity (Wildman–Crippen MR) is 103 cm³/mol. The van der Waals surface area contributed by atoms with Gasteiger partial charge in [0.2, 0.25) is 0 Å². The Labute approximate surface area is 163 Å². The number of rotatable bonds is 5. The first kappa shape index (κ1) is 19.1. The summed E-state index contributed by atoms with van der Waals surface area (Å²) in [6, 6.07) is 5.84. The van der Waals surface area contributed by atoms with E-state index in [1.54, 1.807) is 16.9 Å². The quantitative estimate of drug-likeness (QED) is 0.814. The summed E-state index contributed by atoms with van der Waals surface area (Å²) in [6.45, 7) is 6.45. The molecule has 0 radical (unpaired) electrons. The number of halogens is 2. The van der Waals surface area contributed by atoms with Crippen molar-refractivity contribution >= 4 is 29.1 Å². The smallest absolute Gasteiger partial charge is 0.273 e. The van der Waals surface area contributed by atoms with Gasteiger partial charge < -0.3 is 10.6 Å². The number of aromatic nitrogens is 3. The fourth-order valence-corrected chi connectivity index (χ4v) is 3.34. The van der Waals surface area contributed by atoms with Crippen LogP contribution in [-0.4, -0.2) is 40.5 Å². The molecule has 1 aliphatic rings. The minimum Gasteiger partial charge on any atom is -0.350 e. The van der Waals surface area contributed by atoms with Crippen LogP contribution in [0.3, 0.4) is 0 Å². The SMILES string of the molecule is CC(C)(CNC(=O)c1cn(C2CCNCC2)nn1)c1ccc(Cl)c(Cl)c1. The third kappa shape index (κ3) is 4.37. The predicted octanol–water partition coefficient (Wildman–Crippen LogP) is 3.22. The van der Waals surface area contributed by atoms with Crippen molar-refractivity contribution in [3.8, 4) is 0 Å². The number of nitrogens with zero attached hydrogens (tertiary/aromatic N) is 3. The van der Waals surface area contributed by atoms with Gasteiger partial charge in [-0.25, -0.2) is 4.68 Å². The molecule has 2 heterocycles. The molecule has 2 aromatic rings. The van der Waals surface area contributed by atoms with Gasteiger partial charge in [-0.3, -0.25) is 4.79 Å². The van der Waals surface area contributed by atoms with E-state index in [4.69, 9.17) is 23.2 Å². The van der Waals surface area contributed by atoms with Gasteiger partial charge in [0.25, 0.3) is 5.91 Å². The van der Waals surface area contributed by atoms with E-state index in [0.717, 1.165) is 31.5 Å². The lowest BCUT2D eigenvalue weighted by atomic mass is 9.84.